The first-order valence-electron chi connectivity index (χ1n) is 8.18. The van der Waals surface area contributed by atoms with Crippen molar-refractivity contribution < 1.29 is 13.2 Å². The molecule has 1 saturated heterocycles. The SMILES string of the molecule is CCS(=O)(=O)N1CCN(C(=O)c2c(C)n(C)c3ccccc23)CC1. The van der Waals surface area contributed by atoms with Crippen LogP contribution in [0, 0.1) is 6.92 Å². The van der Waals surface area contributed by atoms with E-state index < -0.39 is 10.0 Å². The Kier molecular flexibility index (Phi) is 4.40. The molecule has 1 aliphatic heterocycles. The van der Waals surface area contributed by atoms with Crippen LogP contribution in [0.25, 0.3) is 10.9 Å². The number of carbonyl (C=O) groups excluding carboxylic acids is 1. The molecular formula is C17H23N3O3S. The van der Waals surface area contributed by atoms with Crippen molar-refractivity contribution in [3.8, 4) is 0 Å². The summed E-state index contributed by atoms with van der Waals surface area (Å²) in [6.45, 7) is 5.19. The number of fused-ring (bicyclic) bond motifs is 1. The van der Waals surface area contributed by atoms with E-state index in [0.29, 0.717) is 26.2 Å². The predicted molar refractivity (Wildman–Crippen MR) is 94.6 cm³/mol. The summed E-state index contributed by atoms with van der Waals surface area (Å²) in [5.74, 6) is 0.0847. The van der Waals surface area contributed by atoms with Crippen LogP contribution in [-0.4, -0.2) is 60.0 Å². The van der Waals surface area contributed by atoms with Crippen molar-refractivity contribution in [2.24, 2.45) is 7.05 Å². The van der Waals surface area contributed by atoms with Gasteiger partial charge in [-0.1, -0.05) is 18.2 Å². The molecule has 0 radical (unpaired) electrons. The lowest BCUT2D eigenvalue weighted by Gasteiger charge is -2.34. The number of hydrogen-bond acceptors (Lipinski definition) is 3. The fourth-order valence-corrected chi connectivity index (χ4v) is 4.39. The number of piperazine rings is 1. The maximum Gasteiger partial charge on any atom is 0.256 e. The van der Waals surface area contributed by atoms with E-state index in [9.17, 15) is 13.2 Å². The van der Waals surface area contributed by atoms with Gasteiger partial charge in [0, 0.05) is 49.8 Å². The molecule has 130 valence electrons. The summed E-state index contributed by atoms with van der Waals surface area (Å²) in [7, 11) is -1.22. The molecule has 6 nitrogen and oxygen atoms in total. The maximum absolute atomic E-state index is 13.0. The van der Waals surface area contributed by atoms with E-state index in [4.69, 9.17) is 0 Å². The first-order chi connectivity index (χ1) is 11.4. The molecule has 1 aromatic heterocycles. The number of rotatable bonds is 3. The zero-order chi connectivity index (χ0) is 17.5. The largest absolute Gasteiger partial charge is 0.347 e. The Labute approximate surface area is 142 Å². The fourth-order valence-electron chi connectivity index (χ4n) is 3.30. The van der Waals surface area contributed by atoms with Gasteiger partial charge in [0.05, 0.1) is 11.3 Å². The number of amides is 1. The standard InChI is InChI=1S/C17H23N3O3S/c1-4-24(22,23)20-11-9-19(10-12-20)17(21)16-13(2)18(3)15-8-6-5-7-14(15)16/h5-8H,4,9-12H2,1-3H3. The molecule has 2 heterocycles. The average Bonchev–Trinajstić information content (AvgIpc) is 2.86. The number of aryl methyl sites for hydroxylation is 1. The number of carbonyl (C=O) groups is 1. The third-order valence-corrected chi connectivity index (χ3v) is 6.78. The van der Waals surface area contributed by atoms with Gasteiger partial charge in [0.25, 0.3) is 5.91 Å². The van der Waals surface area contributed by atoms with E-state index >= 15 is 0 Å². The van der Waals surface area contributed by atoms with Crippen molar-refractivity contribution >= 4 is 26.8 Å². The number of para-hydroxylation sites is 1. The van der Waals surface area contributed by atoms with Crippen LogP contribution < -0.4 is 0 Å². The Bertz CT molecular complexity index is 878. The van der Waals surface area contributed by atoms with Crippen LogP contribution in [0.4, 0.5) is 0 Å². The Hall–Kier alpha value is -1.86. The van der Waals surface area contributed by atoms with Gasteiger partial charge >= 0.3 is 0 Å². The monoisotopic (exact) mass is 349 g/mol. The van der Waals surface area contributed by atoms with Gasteiger partial charge in [-0.2, -0.15) is 4.31 Å². The molecule has 0 bridgehead atoms. The second-order valence-electron chi connectivity index (χ2n) is 6.13. The van der Waals surface area contributed by atoms with Crippen molar-refractivity contribution in [3.05, 3.63) is 35.5 Å². The normalized spacial score (nSPS) is 16.7. The van der Waals surface area contributed by atoms with Crippen LogP contribution in [-0.2, 0) is 17.1 Å². The highest BCUT2D eigenvalue weighted by Crippen LogP contribution is 2.26. The zero-order valence-corrected chi connectivity index (χ0v) is 15.1. The van der Waals surface area contributed by atoms with Crippen molar-refractivity contribution in [2.75, 3.05) is 31.9 Å². The second-order valence-corrected chi connectivity index (χ2v) is 8.39. The highest BCUT2D eigenvalue weighted by molar-refractivity contribution is 7.89. The van der Waals surface area contributed by atoms with Crippen molar-refractivity contribution in [3.63, 3.8) is 0 Å². The quantitative estimate of drug-likeness (QED) is 0.845. The first-order valence-corrected chi connectivity index (χ1v) is 9.79. The topological polar surface area (TPSA) is 62.6 Å². The smallest absolute Gasteiger partial charge is 0.256 e. The van der Waals surface area contributed by atoms with Gasteiger partial charge in [-0.15, -0.1) is 0 Å². The van der Waals surface area contributed by atoms with E-state index in [1.165, 1.54) is 4.31 Å². The van der Waals surface area contributed by atoms with Gasteiger partial charge in [-0.25, -0.2) is 8.42 Å². The lowest BCUT2D eigenvalue weighted by Crippen LogP contribution is -2.50. The summed E-state index contributed by atoms with van der Waals surface area (Å²) >= 11 is 0. The van der Waals surface area contributed by atoms with E-state index in [2.05, 4.69) is 0 Å². The third-order valence-electron chi connectivity index (χ3n) is 4.90. The number of nitrogens with zero attached hydrogens (tertiary/aromatic N) is 3. The summed E-state index contributed by atoms with van der Waals surface area (Å²) in [6.07, 6.45) is 0. The predicted octanol–water partition coefficient (Wildman–Crippen LogP) is 1.59. The molecular weight excluding hydrogens is 326 g/mol. The molecule has 0 spiro atoms. The molecule has 1 aliphatic rings. The number of sulfonamides is 1. The van der Waals surface area contributed by atoms with E-state index in [1.807, 2.05) is 42.8 Å². The molecule has 1 aromatic carbocycles. The minimum Gasteiger partial charge on any atom is -0.347 e. The molecule has 7 heteroatoms. The fraction of sp³-hybridized carbons (Fsp3) is 0.471. The van der Waals surface area contributed by atoms with Crippen molar-refractivity contribution in [1.82, 2.24) is 13.8 Å². The summed E-state index contributed by atoms with van der Waals surface area (Å²) in [4.78, 5) is 14.8. The maximum atomic E-state index is 13.0. The van der Waals surface area contributed by atoms with Crippen LogP contribution in [0.3, 0.4) is 0 Å². The van der Waals surface area contributed by atoms with Crippen LogP contribution in [0.2, 0.25) is 0 Å². The Morgan fingerprint density at radius 3 is 2.38 bits per heavy atom. The summed E-state index contributed by atoms with van der Waals surface area (Å²) < 4.78 is 27.4. The molecule has 2 aromatic rings. The molecule has 24 heavy (non-hydrogen) atoms. The van der Waals surface area contributed by atoms with Gasteiger partial charge in [-0.05, 0) is 19.9 Å². The van der Waals surface area contributed by atoms with Crippen LogP contribution in [0.15, 0.2) is 24.3 Å². The van der Waals surface area contributed by atoms with E-state index in [-0.39, 0.29) is 11.7 Å². The second kappa shape index (κ2) is 6.22. The Morgan fingerprint density at radius 2 is 1.75 bits per heavy atom. The molecule has 0 N–H and O–H groups in total. The van der Waals surface area contributed by atoms with Gasteiger partial charge in [0.15, 0.2) is 0 Å². The van der Waals surface area contributed by atoms with Crippen molar-refractivity contribution in [2.45, 2.75) is 13.8 Å². The minimum atomic E-state index is -3.18. The average molecular weight is 349 g/mol. The van der Waals surface area contributed by atoms with Gasteiger partial charge in [-0.3, -0.25) is 4.79 Å². The Balaban J connectivity index is 1.86. The molecule has 1 fully saturated rings. The molecule has 0 aliphatic carbocycles. The first kappa shape index (κ1) is 17.0. The van der Waals surface area contributed by atoms with E-state index in [1.54, 1.807) is 11.8 Å². The number of hydrogen-bond donors (Lipinski definition) is 0. The van der Waals surface area contributed by atoms with Gasteiger partial charge in [0.1, 0.15) is 0 Å². The van der Waals surface area contributed by atoms with Crippen molar-refractivity contribution in [1.29, 1.82) is 0 Å². The molecule has 3 rings (SSSR count). The summed E-state index contributed by atoms with van der Waals surface area (Å²) in [5.41, 5.74) is 2.69. The molecule has 0 unspecified atom stereocenters. The number of benzene rings is 1. The van der Waals surface area contributed by atoms with Crippen LogP contribution in [0.1, 0.15) is 23.0 Å². The van der Waals surface area contributed by atoms with E-state index in [0.717, 1.165) is 22.2 Å². The summed E-state index contributed by atoms with van der Waals surface area (Å²) in [6, 6.07) is 7.87. The number of aromatic nitrogens is 1. The minimum absolute atomic E-state index is 0.0159. The van der Waals surface area contributed by atoms with Crippen LogP contribution >= 0.6 is 0 Å². The molecule has 0 atom stereocenters. The lowest BCUT2D eigenvalue weighted by molar-refractivity contribution is 0.0699. The van der Waals surface area contributed by atoms with Gasteiger partial charge < -0.3 is 9.47 Å². The van der Waals surface area contributed by atoms with Gasteiger partial charge in [0.2, 0.25) is 10.0 Å². The third kappa shape index (κ3) is 2.71. The highest BCUT2D eigenvalue weighted by Gasteiger charge is 2.30. The summed E-state index contributed by atoms with van der Waals surface area (Å²) in [5, 5.41) is 0.950. The lowest BCUT2D eigenvalue weighted by atomic mass is 10.1. The molecule has 0 saturated carbocycles. The molecule has 1 amide bonds. The zero-order valence-electron chi connectivity index (χ0n) is 14.3. The highest BCUT2D eigenvalue weighted by atomic mass is 32.2. The van der Waals surface area contributed by atoms with Crippen LogP contribution in [0.5, 0.6) is 0 Å². The Morgan fingerprint density at radius 1 is 1.12 bits per heavy atom.